The van der Waals surface area contributed by atoms with E-state index in [0.29, 0.717) is 42.6 Å². The molecule has 240 valence electrons. The number of hydrogen-bond acceptors (Lipinski definition) is 7. The van der Waals surface area contributed by atoms with Crippen LogP contribution in [0.15, 0.2) is 65.5 Å². The highest BCUT2D eigenvalue weighted by atomic mass is 19.1. The van der Waals surface area contributed by atoms with Crippen molar-refractivity contribution in [2.75, 3.05) is 19.6 Å². The number of nitrogens with two attached hydrogens (primary N) is 2. The van der Waals surface area contributed by atoms with Gasteiger partial charge in [0.2, 0.25) is 17.7 Å². The van der Waals surface area contributed by atoms with Crippen molar-refractivity contribution in [2.45, 2.75) is 43.6 Å². The Kier molecular flexibility index (Phi) is 8.44. The molecule has 0 radical (unpaired) electrons. The highest BCUT2D eigenvalue weighted by Gasteiger charge is 2.44. The number of fused-ring (bicyclic) bond motifs is 2. The van der Waals surface area contributed by atoms with E-state index in [1.54, 1.807) is 41.3 Å². The van der Waals surface area contributed by atoms with Crippen molar-refractivity contribution >= 4 is 17.7 Å². The summed E-state index contributed by atoms with van der Waals surface area (Å²) in [6, 6.07) is 17.4. The van der Waals surface area contributed by atoms with E-state index in [-0.39, 0.29) is 31.2 Å². The Hall–Kier alpha value is -5.61. The molecule has 0 bridgehead atoms. The van der Waals surface area contributed by atoms with Gasteiger partial charge in [0.25, 0.3) is 0 Å². The highest BCUT2D eigenvalue weighted by molar-refractivity contribution is 5.94. The number of aromatic nitrogens is 3. The largest absolute Gasteiger partial charge is 0.366 e. The number of nitrogens with zero attached hydrogens (tertiary/aromatic N) is 4. The van der Waals surface area contributed by atoms with Crippen LogP contribution in [0.25, 0.3) is 5.69 Å². The number of rotatable bonds is 9. The maximum Gasteiger partial charge on any atom is 0.348 e. The van der Waals surface area contributed by atoms with Crippen LogP contribution >= 0.6 is 0 Å². The molecule has 1 atom stereocenters. The molecule has 1 aliphatic heterocycles. The van der Waals surface area contributed by atoms with Crippen LogP contribution in [-0.4, -0.2) is 63.1 Å². The summed E-state index contributed by atoms with van der Waals surface area (Å²) in [6.45, 7) is 0.794. The third kappa shape index (κ3) is 5.79. The van der Waals surface area contributed by atoms with Crippen molar-refractivity contribution < 1.29 is 18.8 Å². The minimum atomic E-state index is -1.16. The van der Waals surface area contributed by atoms with Crippen molar-refractivity contribution in [1.82, 2.24) is 25.0 Å². The molecule has 1 aromatic heterocycles. The molecule has 1 saturated heterocycles. The van der Waals surface area contributed by atoms with Gasteiger partial charge in [-0.25, -0.2) is 9.18 Å². The third-order valence-corrected chi connectivity index (χ3v) is 9.13. The zero-order valence-electron chi connectivity index (χ0n) is 25.5. The summed E-state index contributed by atoms with van der Waals surface area (Å²) in [5, 5.41) is 17.4. The number of H-pyrrole nitrogens is 1. The molecule has 4 aromatic rings. The van der Waals surface area contributed by atoms with Crippen molar-refractivity contribution in [3.63, 3.8) is 0 Å². The van der Waals surface area contributed by atoms with Gasteiger partial charge in [0.1, 0.15) is 17.7 Å². The Bertz CT molecular complexity index is 1910. The topological polar surface area (TPSA) is 193 Å². The zero-order valence-corrected chi connectivity index (χ0v) is 25.5. The molecule has 0 spiro atoms. The van der Waals surface area contributed by atoms with E-state index >= 15 is 0 Å². The lowest BCUT2D eigenvalue weighted by molar-refractivity contribution is -0.130. The van der Waals surface area contributed by atoms with E-state index in [0.717, 1.165) is 33.4 Å². The average molecular weight is 637 g/mol. The quantitative estimate of drug-likeness (QED) is 0.201. The van der Waals surface area contributed by atoms with Crippen LogP contribution in [0.1, 0.15) is 68.1 Å². The second kappa shape index (κ2) is 12.6. The van der Waals surface area contributed by atoms with E-state index in [1.807, 2.05) is 0 Å². The number of nitriles is 1. The molecular formula is C34H33FN8O4. The molecule has 6 rings (SSSR count). The third-order valence-electron chi connectivity index (χ3n) is 9.13. The number of amides is 3. The lowest BCUT2D eigenvalue weighted by Gasteiger charge is -2.35. The molecule has 12 nitrogen and oxygen atoms in total. The summed E-state index contributed by atoms with van der Waals surface area (Å²) in [4.78, 5) is 55.5. The summed E-state index contributed by atoms with van der Waals surface area (Å²) in [7, 11) is 0. The highest BCUT2D eigenvalue weighted by Crippen LogP contribution is 2.46. The Balaban J connectivity index is 1.49. The molecule has 2 aliphatic rings. The average Bonchev–Trinajstić information content (AvgIpc) is 3.68. The van der Waals surface area contributed by atoms with Gasteiger partial charge in [-0.1, -0.05) is 12.1 Å². The van der Waals surface area contributed by atoms with Gasteiger partial charge in [0, 0.05) is 17.7 Å². The number of hydrogen-bond donors (Lipinski definition) is 4. The van der Waals surface area contributed by atoms with E-state index in [4.69, 9.17) is 16.6 Å². The number of aromatic amines is 1. The summed E-state index contributed by atoms with van der Waals surface area (Å²) in [5.41, 5.74) is 13.7. The number of halogens is 1. The van der Waals surface area contributed by atoms with Crippen LogP contribution in [0, 0.1) is 17.1 Å². The van der Waals surface area contributed by atoms with Crippen molar-refractivity contribution in [1.29, 1.82) is 5.26 Å². The molecule has 3 amide bonds. The molecule has 13 heteroatoms. The number of primary amides is 2. The van der Waals surface area contributed by atoms with Crippen LogP contribution < -0.4 is 22.5 Å². The number of carbonyl (C=O) groups excluding carboxylic acids is 3. The zero-order chi connectivity index (χ0) is 33.3. The lowest BCUT2D eigenvalue weighted by Crippen LogP contribution is -2.42. The first-order chi connectivity index (χ1) is 22.6. The molecule has 3 aromatic carbocycles. The van der Waals surface area contributed by atoms with Gasteiger partial charge < -0.3 is 21.7 Å². The second-order valence-corrected chi connectivity index (χ2v) is 11.8. The van der Waals surface area contributed by atoms with Crippen LogP contribution in [0.2, 0.25) is 0 Å². The molecule has 1 unspecified atom stereocenters. The minimum Gasteiger partial charge on any atom is -0.366 e. The number of aryl methyl sites for hydroxylation is 2. The minimum absolute atomic E-state index is 0.00423. The Morgan fingerprint density at radius 3 is 2.19 bits per heavy atom. The summed E-state index contributed by atoms with van der Waals surface area (Å²) >= 11 is 0. The van der Waals surface area contributed by atoms with E-state index in [2.05, 4.69) is 16.4 Å². The van der Waals surface area contributed by atoms with Crippen molar-refractivity contribution in [3.8, 4) is 11.8 Å². The number of nitrogens with one attached hydrogen (secondary N) is 2. The molecule has 6 N–H and O–H groups in total. The molecular weight excluding hydrogens is 603 g/mol. The Morgan fingerprint density at radius 2 is 1.62 bits per heavy atom. The van der Waals surface area contributed by atoms with Crippen LogP contribution in [0.4, 0.5) is 4.39 Å². The normalized spacial score (nSPS) is 16.5. The number of carbonyl (C=O) groups is 3. The predicted octanol–water partition coefficient (Wildman–Crippen LogP) is 1.82. The maximum absolute atomic E-state index is 13.8. The van der Waals surface area contributed by atoms with Crippen LogP contribution in [0.3, 0.4) is 0 Å². The fourth-order valence-electron chi connectivity index (χ4n) is 6.84. The van der Waals surface area contributed by atoms with Crippen LogP contribution in [-0.2, 0) is 23.1 Å². The van der Waals surface area contributed by atoms with Gasteiger partial charge >= 0.3 is 5.69 Å². The SMILES string of the molecule is N#CC1CCCN1C(=O)CNCCC1(c2nn(-c3ccc(F)cc3)c(=O)[nH]2)c2ccc(C(N)=O)cc2CCc2cc(C(N)=O)ccc21. The standard InChI is InChI=1S/C34H33FN8O4/c35-24-7-9-25(10-8-24)43-33(47)40-32(41-43)34(13-14-39-19-29(44)42-15-1-2-26(42)18-36)27-11-5-22(30(37)45)16-20(27)3-4-21-17-23(31(38)46)6-12-28(21)34/h5-12,16-17,26,39H,1-4,13-15,19H2,(H2,37,45)(H2,38,46)(H,40,41,47). The van der Waals surface area contributed by atoms with Gasteiger partial charge in [-0.3, -0.25) is 19.4 Å². The van der Waals surface area contributed by atoms with E-state index in [9.17, 15) is 28.8 Å². The smallest absolute Gasteiger partial charge is 0.348 e. The molecule has 1 fully saturated rings. The lowest BCUT2D eigenvalue weighted by atomic mass is 9.69. The second-order valence-electron chi connectivity index (χ2n) is 11.8. The fraction of sp³-hybridized carbons (Fsp3) is 0.294. The van der Waals surface area contributed by atoms with E-state index in [1.165, 1.54) is 24.3 Å². The number of likely N-dealkylation sites (tertiary alicyclic amines) is 1. The summed E-state index contributed by atoms with van der Waals surface area (Å²) in [6.07, 6.45) is 2.65. The first-order valence-electron chi connectivity index (χ1n) is 15.3. The Morgan fingerprint density at radius 1 is 1.00 bits per heavy atom. The monoisotopic (exact) mass is 636 g/mol. The molecule has 1 aliphatic carbocycles. The molecule has 2 heterocycles. The first kappa shape index (κ1) is 31.4. The van der Waals surface area contributed by atoms with Gasteiger partial charge in [-0.15, -0.1) is 5.10 Å². The fourth-order valence-corrected chi connectivity index (χ4v) is 6.84. The first-order valence-corrected chi connectivity index (χ1v) is 15.3. The van der Waals surface area contributed by atoms with Crippen molar-refractivity contribution in [2.24, 2.45) is 11.5 Å². The number of benzene rings is 3. The maximum atomic E-state index is 13.8. The van der Waals surface area contributed by atoms with Gasteiger partial charge in [0.05, 0.1) is 23.7 Å². The molecule has 47 heavy (non-hydrogen) atoms. The van der Waals surface area contributed by atoms with Gasteiger partial charge in [0.15, 0.2) is 0 Å². The van der Waals surface area contributed by atoms with Gasteiger partial charge in [-0.2, -0.15) is 9.94 Å². The Labute approximate surface area is 269 Å². The van der Waals surface area contributed by atoms with Gasteiger partial charge in [-0.05, 0) is 109 Å². The predicted molar refractivity (Wildman–Crippen MR) is 169 cm³/mol. The summed E-state index contributed by atoms with van der Waals surface area (Å²) < 4.78 is 14.9. The van der Waals surface area contributed by atoms with Crippen molar-refractivity contribution in [3.05, 3.63) is 116 Å². The summed E-state index contributed by atoms with van der Waals surface area (Å²) in [5.74, 6) is -1.57. The van der Waals surface area contributed by atoms with E-state index < -0.39 is 34.8 Å². The molecule has 0 saturated carbocycles. The van der Waals surface area contributed by atoms with Crippen LogP contribution in [0.5, 0.6) is 0 Å².